The van der Waals surface area contributed by atoms with Crippen LogP contribution in [0.1, 0.15) is 68.9 Å². The number of hydrogen-bond donors (Lipinski definition) is 3. The number of nitrogens with one attached hydrogen (secondary N) is 3. The monoisotopic (exact) mass is 601 g/mol. The zero-order chi connectivity index (χ0) is 30.1. The summed E-state index contributed by atoms with van der Waals surface area (Å²) in [6.07, 6.45) is 6.42. The van der Waals surface area contributed by atoms with Gasteiger partial charge in [-0.05, 0) is 70.7 Å². The molecule has 1 aromatic rings. The molecule has 3 N–H and O–H groups in total. The van der Waals surface area contributed by atoms with E-state index in [2.05, 4.69) is 37.8 Å². The summed E-state index contributed by atoms with van der Waals surface area (Å²) >= 11 is 1.51. The van der Waals surface area contributed by atoms with Crippen LogP contribution in [0.15, 0.2) is 29.4 Å². The smallest absolute Gasteiger partial charge is 0.411 e. The van der Waals surface area contributed by atoms with Crippen LogP contribution in [-0.2, 0) is 11.3 Å². The molecule has 2 fully saturated rings. The Kier molecular flexibility index (Phi) is 11.5. The fourth-order valence-corrected chi connectivity index (χ4v) is 6.27. The highest BCUT2D eigenvalue weighted by Crippen LogP contribution is 2.22. The zero-order valence-electron chi connectivity index (χ0n) is 25.5. The van der Waals surface area contributed by atoms with E-state index in [1.807, 2.05) is 16.4 Å². The quantitative estimate of drug-likeness (QED) is 0.374. The van der Waals surface area contributed by atoms with Crippen LogP contribution in [0.4, 0.5) is 9.59 Å². The third kappa shape index (κ3) is 10.2. The highest BCUT2D eigenvalue weighted by molar-refractivity contribution is 8.02. The SMILES string of the molecule is CN1CCN(CCCN(Cc2ccc(C(=O)NC3CSC=C3NC(=O)OC(C)(C)C)nc2)C(=O)NC2CCCC2)CC1. The molecule has 0 bridgehead atoms. The van der Waals surface area contributed by atoms with Gasteiger partial charge in [0.25, 0.3) is 5.91 Å². The fraction of sp³-hybridized carbons (Fsp3) is 0.667. The van der Waals surface area contributed by atoms with E-state index in [1.165, 1.54) is 11.8 Å². The highest BCUT2D eigenvalue weighted by atomic mass is 32.2. The maximum absolute atomic E-state index is 13.2. The summed E-state index contributed by atoms with van der Waals surface area (Å²) in [6, 6.07) is 3.41. The normalized spacial score (nSPS) is 20.2. The molecule has 1 saturated heterocycles. The van der Waals surface area contributed by atoms with Crippen LogP contribution in [0.5, 0.6) is 0 Å². The van der Waals surface area contributed by atoms with E-state index in [1.54, 1.807) is 33.0 Å². The Balaban J connectivity index is 1.31. The van der Waals surface area contributed by atoms with Gasteiger partial charge in [-0.25, -0.2) is 9.59 Å². The molecule has 3 heterocycles. The van der Waals surface area contributed by atoms with Crippen molar-refractivity contribution in [1.82, 2.24) is 35.6 Å². The topological polar surface area (TPSA) is 119 Å². The Morgan fingerprint density at radius 2 is 1.83 bits per heavy atom. The van der Waals surface area contributed by atoms with Crippen LogP contribution < -0.4 is 16.0 Å². The number of hydrogen-bond acceptors (Lipinski definition) is 8. The van der Waals surface area contributed by atoms with Crippen molar-refractivity contribution in [3.05, 3.63) is 40.7 Å². The van der Waals surface area contributed by atoms with Gasteiger partial charge < -0.3 is 30.1 Å². The lowest BCUT2D eigenvalue weighted by molar-refractivity contribution is 0.0541. The maximum Gasteiger partial charge on any atom is 0.411 e. The molecular weight excluding hydrogens is 554 g/mol. The molecule has 12 heteroatoms. The number of carbonyl (C=O) groups excluding carboxylic acids is 3. The van der Waals surface area contributed by atoms with Crippen molar-refractivity contribution in [3.8, 4) is 0 Å². The molecule has 4 amide bonds. The standard InChI is InChI=1S/C30H47N7O4S/c1-30(2,3)41-29(40)34-26-21-42-20-25(26)33-27(38)24-11-10-22(18-31-24)19-37(28(39)32-23-8-5-6-9-23)13-7-12-36-16-14-35(4)15-17-36/h10-11,18,21,23,25H,5-9,12-17,19-20H2,1-4H3,(H,32,39)(H,33,38)(H,34,40). The number of urea groups is 1. The molecule has 0 spiro atoms. The van der Waals surface area contributed by atoms with Crippen molar-refractivity contribution in [2.24, 2.45) is 0 Å². The number of piperazine rings is 1. The molecule has 4 rings (SSSR count). The number of amides is 4. The van der Waals surface area contributed by atoms with Crippen molar-refractivity contribution in [3.63, 3.8) is 0 Å². The largest absolute Gasteiger partial charge is 0.444 e. The van der Waals surface area contributed by atoms with Gasteiger partial charge in [0, 0.05) is 57.3 Å². The number of thioether (sulfide) groups is 1. The molecule has 1 saturated carbocycles. The van der Waals surface area contributed by atoms with Gasteiger partial charge in [0.1, 0.15) is 11.3 Å². The zero-order valence-corrected chi connectivity index (χ0v) is 26.3. The average molecular weight is 602 g/mol. The van der Waals surface area contributed by atoms with E-state index in [4.69, 9.17) is 4.74 Å². The van der Waals surface area contributed by atoms with E-state index in [0.29, 0.717) is 24.5 Å². The Morgan fingerprint density at radius 1 is 1.10 bits per heavy atom. The summed E-state index contributed by atoms with van der Waals surface area (Å²) in [5, 5.41) is 10.7. The van der Waals surface area contributed by atoms with E-state index in [9.17, 15) is 14.4 Å². The maximum atomic E-state index is 13.2. The van der Waals surface area contributed by atoms with E-state index in [-0.39, 0.29) is 29.7 Å². The molecule has 0 aromatic carbocycles. The Hall–Kier alpha value is -2.83. The number of likely N-dealkylation sites (N-methyl/N-ethyl adjacent to an activating group) is 1. The Labute approximate surface area is 254 Å². The third-order valence-corrected chi connectivity index (χ3v) is 8.64. The molecule has 1 aromatic heterocycles. The third-order valence-electron chi connectivity index (χ3n) is 7.70. The van der Waals surface area contributed by atoms with Crippen LogP contribution in [0.25, 0.3) is 0 Å². The molecule has 2 aliphatic heterocycles. The predicted molar refractivity (Wildman–Crippen MR) is 165 cm³/mol. The number of aromatic nitrogens is 1. The number of nitrogens with zero attached hydrogens (tertiary/aromatic N) is 4. The van der Waals surface area contributed by atoms with Crippen molar-refractivity contribution in [2.45, 2.75) is 77.1 Å². The summed E-state index contributed by atoms with van der Waals surface area (Å²) in [7, 11) is 2.15. The Bertz CT molecular complexity index is 1090. The molecule has 1 atom stereocenters. The lowest BCUT2D eigenvalue weighted by atomic mass is 10.2. The minimum atomic E-state index is -0.613. The summed E-state index contributed by atoms with van der Waals surface area (Å²) in [4.78, 5) is 49.5. The first-order valence-corrected chi connectivity index (χ1v) is 16.1. The van der Waals surface area contributed by atoms with E-state index < -0.39 is 11.7 Å². The van der Waals surface area contributed by atoms with Crippen molar-refractivity contribution in [2.75, 3.05) is 52.1 Å². The minimum Gasteiger partial charge on any atom is -0.444 e. The second-order valence-corrected chi connectivity index (χ2v) is 13.4. The van der Waals surface area contributed by atoms with Crippen molar-refractivity contribution >= 4 is 29.8 Å². The molecule has 1 unspecified atom stereocenters. The number of carbonyl (C=O) groups is 3. The number of alkyl carbamates (subject to hydrolysis) is 1. The predicted octanol–water partition coefficient (Wildman–Crippen LogP) is 3.38. The first-order chi connectivity index (χ1) is 20.1. The molecular formula is C30H47N7O4S. The summed E-state index contributed by atoms with van der Waals surface area (Å²) in [5.74, 6) is 0.280. The first kappa shape index (κ1) is 32.1. The van der Waals surface area contributed by atoms with Gasteiger partial charge >= 0.3 is 12.1 Å². The molecule has 232 valence electrons. The minimum absolute atomic E-state index is 0.0300. The van der Waals surface area contributed by atoms with E-state index in [0.717, 1.165) is 70.4 Å². The Morgan fingerprint density at radius 3 is 2.50 bits per heavy atom. The summed E-state index contributed by atoms with van der Waals surface area (Å²) < 4.78 is 5.33. The molecule has 1 aliphatic carbocycles. The summed E-state index contributed by atoms with van der Waals surface area (Å²) in [5.41, 5.74) is 1.14. The van der Waals surface area contributed by atoms with Crippen LogP contribution >= 0.6 is 11.8 Å². The molecule has 3 aliphatic rings. The number of ether oxygens (including phenoxy) is 1. The number of pyridine rings is 1. The van der Waals surface area contributed by atoms with Crippen LogP contribution in [0.2, 0.25) is 0 Å². The van der Waals surface area contributed by atoms with Gasteiger partial charge in [-0.15, -0.1) is 11.8 Å². The van der Waals surface area contributed by atoms with Gasteiger partial charge in [-0.2, -0.15) is 0 Å². The van der Waals surface area contributed by atoms with Crippen LogP contribution in [0, 0.1) is 0 Å². The van der Waals surface area contributed by atoms with Crippen LogP contribution in [-0.4, -0.2) is 107 Å². The lowest BCUT2D eigenvalue weighted by Gasteiger charge is -2.33. The lowest BCUT2D eigenvalue weighted by Crippen LogP contribution is -2.46. The molecule has 42 heavy (non-hydrogen) atoms. The second-order valence-electron chi connectivity index (χ2n) is 12.5. The van der Waals surface area contributed by atoms with Gasteiger partial charge in [0.2, 0.25) is 0 Å². The van der Waals surface area contributed by atoms with E-state index >= 15 is 0 Å². The number of rotatable bonds is 10. The van der Waals surface area contributed by atoms with Gasteiger partial charge in [-0.3, -0.25) is 15.1 Å². The summed E-state index contributed by atoms with van der Waals surface area (Å²) in [6.45, 7) is 11.7. The van der Waals surface area contributed by atoms with Crippen LogP contribution in [0.3, 0.4) is 0 Å². The first-order valence-electron chi connectivity index (χ1n) is 15.1. The van der Waals surface area contributed by atoms with Gasteiger partial charge in [0.15, 0.2) is 0 Å². The molecule has 11 nitrogen and oxygen atoms in total. The molecule has 0 radical (unpaired) electrons. The van der Waals surface area contributed by atoms with Crippen molar-refractivity contribution < 1.29 is 19.1 Å². The van der Waals surface area contributed by atoms with Gasteiger partial charge in [-0.1, -0.05) is 18.9 Å². The highest BCUT2D eigenvalue weighted by Gasteiger charge is 2.27. The second kappa shape index (κ2) is 15.1. The van der Waals surface area contributed by atoms with Gasteiger partial charge in [0.05, 0.1) is 11.7 Å². The average Bonchev–Trinajstić information content (AvgIpc) is 3.60. The van der Waals surface area contributed by atoms with Crippen molar-refractivity contribution in [1.29, 1.82) is 0 Å². The fourth-order valence-electron chi connectivity index (χ4n) is 5.31.